The molecule has 0 fully saturated rings. The monoisotopic (exact) mass is 301 g/mol. The Balaban J connectivity index is 2.24. The summed E-state index contributed by atoms with van der Waals surface area (Å²) >= 11 is 5.92. The molecule has 8 heteroatoms. The maximum Gasteiger partial charge on any atom is 0.241 e. The molecule has 0 bridgehead atoms. The maximum atomic E-state index is 12.1. The van der Waals surface area contributed by atoms with Crippen molar-refractivity contribution in [3.8, 4) is 0 Å². The van der Waals surface area contributed by atoms with Crippen LogP contribution >= 0.6 is 11.6 Å². The van der Waals surface area contributed by atoms with E-state index in [1.165, 1.54) is 18.3 Å². The fourth-order valence-corrected chi connectivity index (χ4v) is 2.76. The van der Waals surface area contributed by atoms with Gasteiger partial charge in [-0.1, -0.05) is 16.8 Å². The minimum Gasteiger partial charge on any atom is -0.398 e. The predicted molar refractivity (Wildman–Crippen MR) is 71.1 cm³/mol. The summed E-state index contributed by atoms with van der Waals surface area (Å²) in [5, 5.41) is 3.79. The third-order valence-electron chi connectivity index (χ3n) is 2.60. The minimum absolute atomic E-state index is 0.00767. The highest BCUT2D eigenvalue weighted by atomic mass is 35.5. The number of sulfonamides is 1. The highest BCUT2D eigenvalue weighted by Gasteiger charge is 2.17. The molecular formula is C11H12ClN3O3S. The summed E-state index contributed by atoms with van der Waals surface area (Å²) in [7, 11) is -3.70. The van der Waals surface area contributed by atoms with Crippen molar-refractivity contribution in [2.75, 3.05) is 5.73 Å². The molecule has 0 amide bonds. The Labute approximate surface area is 115 Å². The van der Waals surface area contributed by atoms with Crippen molar-refractivity contribution in [2.24, 2.45) is 0 Å². The van der Waals surface area contributed by atoms with Crippen molar-refractivity contribution in [3.05, 3.63) is 40.7 Å². The second-order valence-electron chi connectivity index (χ2n) is 3.92. The molecule has 3 N–H and O–H groups in total. The van der Waals surface area contributed by atoms with Gasteiger partial charge in [0.1, 0.15) is 0 Å². The van der Waals surface area contributed by atoms with Crippen LogP contribution in [0.1, 0.15) is 11.3 Å². The van der Waals surface area contributed by atoms with E-state index in [4.69, 9.17) is 21.9 Å². The van der Waals surface area contributed by atoms with Crippen molar-refractivity contribution in [2.45, 2.75) is 18.4 Å². The SMILES string of the molecule is Cc1c(N)cc(S(=O)(=O)NCc2ccno2)cc1Cl. The van der Waals surface area contributed by atoms with Gasteiger partial charge in [-0.25, -0.2) is 13.1 Å². The average molecular weight is 302 g/mol. The molecule has 1 aromatic heterocycles. The first-order valence-electron chi connectivity index (χ1n) is 5.35. The summed E-state index contributed by atoms with van der Waals surface area (Å²) in [5.74, 6) is 0.412. The summed E-state index contributed by atoms with van der Waals surface area (Å²) in [6, 6.07) is 4.29. The van der Waals surface area contributed by atoms with Gasteiger partial charge in [-0.2, -0.15) is 0 Å². The van der Waals surface area contributed by atoms with Crippen LogP contribution < -0.4 is 10.5 Å². The molecule has 1 heterocycles. The summed E-state index contributed by atoms with van der Waals surface area (Å²) in [4.78, 5) is 0.0140. The van der Waals surface area contributed by atoms with Crippen LogP contribution in [-0.4, -0.2) is 13.6 Å². The first-order chi connectivity index (χ1) is 8.90. The van der Waals surface area contributed by atoms with Gasteiger partial charge in [-0.05, 0) is 24.6 Å². The van der Waals surface area contributed by atoms with Crippen LogP contribution in [0.25, 0.3) is 0 Å². The van der Waals surface area contributed by atoms with E-state index in [-0.39, 0.29) is 11.4 Å². The quantitative estimate of drug-likeness (QED) is 0.837. The van der Waals surface area contributed by atoms with Crippen LogP contribution in [0.3, 0.4) is 0 Å². The Morgan fingerprint density at radius 2 is 2.21 bits per heavy atom. The van der Waals surface area contributed by atoms with Crippen molar-refractivity contribution in [1.29, 1.82) is 0 Å². The number of nitrogens with one attached hydrogen (secondary N) is 1. The molecule has 0 saturated carbocycles. The minimum atomic E-state index is -3.70. The van der Waals surface area contributed by atoms with E-state index < -0.39 is 10.0 Å². The van der Waals surface area contributed by atoms with Gasteiger partial charge in [0, 0.05) is 16.8 Å². The van der Waals surface area contributed by atoms with Crippen LogP contribution in [0.5, 0.6) is 0 Å². The highest BCUT2D eigenvalue weighted by molar-refractivity contribution is 7.89. The molecule has 0 saturated heterocycles. The molecule has 1 aromatic carbocycles. The largest absolute Gasteiger partial charge is 0.398 e. The van der Waals surface area contributed by atoms with Gasteiger partial charge >= 0.3 is 0 Å². The first-order valence-corrected chi connectivity index (χ1v) is 7.21. The van der Waals surface area contributed by atoms with E-state index in [1.807, 2.05) is 0 Å². The number of hydrogen-bond acceptors (Lipinski definition) is 5. The number of anilines is 1. The molecule has 0 radical (unpaired) electrons. The second kappa shape index (κ2) is 5.20. The van der Waals surface area contributed by atoms with Crippen molar-refractivity contribution in [3.63, 3.8) is 0 Å². The Hall–Kier alpha value is -1.57. The molecule has 2 aromatic rings. The lowest BCUT2D eigenvalue weighted by molar-refractivity contribution is 0.380. The van der Waals surface area contributed by atoms with Gasteiger partial charge in [-0.3, -0.25) is 0 Å². The number of nitrogen functional groups attached to an aromatic ring is 1. The van der Waals surface area contributed by atoms with Gasteiger partial charge in [0.15, 0.2) is 5.76 Å². The second-order valence-corrected chi connectivity index (χ2v) is 6.10. The van der Waals surface area contributed by atoms with Crippen molar-refractivity contribution in [1.82, 2.24) is 9.88 Å². The molecule has 0 aliphatic rings. The summed E-state index contributed by atoms with van der Waals surface area (Å²) < 4.78 is 31.3. The molecular weight excluding hydrogens is 290 g/mol. The highest BCUT2D eigenvalue weighted by Crippen LogP contribution is 2.25. The van der Waals surface area contributed by atoms with E-state index in [0.717, 1.165) is 0 Å². The van der Waals surface area contributed by atoms with Gasteiger partial charge in [-0.15, -0.1) is 0 Å². The number of rotatable bonds is 4. The Morgan fingerprint density at radius 1 is 1.47 bits per heavy atom. The number of nitrogens with zero attached hydrogens (tertiary/aromatic N) is 1. The zero-order valence-electron chi connectivity index (χ0n) is 10.1. The van der Waals surface area contributed by atoms with Crippen LogP contribution in [0.15, 0.2) is 33.8 Å². The Kier molecular flexibility index (Phi) is 3.79. The fourth-order valence-electron chi connectivity index (χ4n) is 1.41. The lowest BCUT2D eigenvalue weighted by atomic mass is 10.2. The molecule has 0 aliphatic heterocycles. The third kappa shape index (κ3) is 3.06. The van der Waals surface area contributed by atoms with E-state index in [2.05, 4.69) is 9.88 Å². The number of aromatic nitrogens is 1. The number of benzene rings is 1. The fraction of sp³-hybridized carbons (Fsp3) is 0.182. The van der Waals surface area contributed by atoms with Crippen molar-refractivity contribution < 1.29 is 12.9 Å². The van der Waals surface area contributed by atoms with E-state index in [0.29, 0.717) is 22.0 Å². The molecule has 0 atom stereocenters. The smallest absolute Gasteiger partial charge is 0.241 e. The van der Waals surface area contributed by atoms with Crippen LogP contribution in [0.4, 0.5) is 5.69 Å². The normalized spacial score (nSPS) is 11.7. The van der Waals surface area contributed by atoms with Gasteiger partial charge in [0.05, 0.1) is 17.6 Å². The molecule has 6 nitrogen and oxygen atoms in total. The van der Waals surface area contributed by atoms with Crippen molar-refractivity contribution >= 4 is 27.3 Å². The van der Waals surface area contributed by atoms with Gasteiger partial charge in [0.2, 0.25) is 10.0 Å². The Morgan fingerprint density at radius 3 is 2.79 bits per heavy atom. The zero-order valence-corrected chi connectivity index (χ0v) is 11.6. The molecule has 0 aliphatic carbocycles. The summed E-state index contributed by atoms with van der Waals surface area (Å²) in [6.07, 6.45) is 1.43. The lowest BCUT2D eigenvalue weighted by Crippen LogP contribution is -2.23. The topological polar surface area (TPSA) is 98.2 Å². The third-order valence-corrected chi connectivity index (χ3v) is 4.37. The first kappa shape index (κ1) is 13.9. The number of hydrogen-bond donors (Lipinski definition) is 2. The van der Waals surface area contributed by atoms with E-state index >= 15 is 0 Å². The zero-order chi connectivity index (χ0) is 14.0. The molecule has 2 rings (SSSR count). The number of halogens is 1. The van der Waals surface area contributed by atoms with Gasteiger partial charge < -0.3 is 10.3 Å². The van der Waals surface area contributed by atoms with Crippen LogP contribution in [0.2, 0.25) is 5.02 Å². The maximum absolute atomic E-state index is 12.1. The van der Waals surface area contributed by atoms with Crippen LogP contribution in [0, 0.1) is 6.92 Å². The molecule has 19 heavy (non-hydrogen) atoms. The lowest BCUT2D eigenvalue weighted by Gasteiger charge is -2.09. The van der Waals surface area contributed by atoms with E-state index in [1.54, 1.807) is 13.0 Å². The molecule has 0 spiro atoms. The number of nitrogens with two attached hydrogens (primary N) is 1. The van der Waals surface area contributed by atoms with E-state index in [9.17, 15) is 8.42 Å². The molecule has 0 unspecified atom stereocenters. The van der Waals surface area contributed by atoms with Crippen LogP contribution in [-0.2, 0) is 16.6 Å². The summed E-state index contributed by atoms with van der Waals surface area (Å²) in [5.41, 5.74) is 6.68. The summed E-state index contributed by atoms with van der Waals surface area (Å²) in [6.45, 7) is 1.73. The Bertz CT molecular complexity index is 660. The average Bonchev–Trinajstić information content (AvgIpc) is 2.86. The molecule has 102 valence electrons. The predicted octanol–water partition coefficient (Wildman–Crippen LogP) is 1.70. The standard InChI is InChI=1S/C11H12ClN3O3S/c1-7-10(12)4-9(5-11(7)13)19(16,17)15-6-8-2-3-14-18-8/h2-5,15H,6,13H2,1H3. The van der Waals surface area contributed by atoms with Gasteiger partial charge in [0.25, 0.3) is 0 Å².